The summed E-state index contributed by atoms with van der Waals surface area (Å²) in [6.45, 7) is 1.53. The molecule has 0 spiro atoms. The number of carbonyl (C=O) groups is 1. The number of fused-ring (bicyclic) bond motifs is 1. The first-order chi connectivity index (χ1) is 9.76. The molecule has 1 amide bonds. The summed E-state index contributed by atoms with van der Waals surface area (Å²) in [5, 5.41) is 2.78. The van der Waals surface area contributed by atoms with Gasteiger partial charge in [-0.2, -0.15) is 0 Å². The zero-order valence-electron chi connectivity index (χ0n) is 11.3. The van der Waals surface area contributed by atoms with Crippen molar-refractivity contribution in [2.75, 3.05) is 20.3 Å². The maximum absolute atomic E-state index is 11.7. The lowest BCUT2D eigenvalue weighted by molar-refractivity contribution is -0.121. The minimum atomic E-state index is -0.0275. The molecule has 108 valence electrons. The Balaban J connectivity index is 2.03. The molecule has 1 N–H and O–H groups in total. The highest BCUT2D eigenvalue weighted by molar-refractivity contribution is 6.16. The minimum Gasteiger partial charge on any atom is -0.383 e. The Morgan fingerprint density at radius 2 is 2.40 bits per heavy atom. The molecule has 0 aromatic carbocycles. The van der Waals surface area contributed by atoms with Gasteiger partial charge in [-0.15, -0.1) is 11.6 Å². The maximum atomic E-state index is 11.7. The normalized spacial score (nSPS) is 10.9. The Kier molecular flexibility index (Phi) is 5.31. The number of pyridine rings is 1. The SMILES string of the molecule is COCCNC(=O)CCn1c(CCl)nc2cccnc21. The topological polar surface area (TPSA) is 69.0 Å². The Morgan fingerprint density at radius 3 is 3.15 bits per heavy atom. The van der Waals surface area contributed by atoms with E-state index in [2.05, 4.69) is 15.3 Å². The van der Waals surface area contributed by atoms with Crippen LogP contribution >= 0.6 is 11.6 Å². The second kappa shape index (κ2) is 7.21. The molecule has 2 rings (SSSR count). The van der Waals surface area contributed by atoms with E-state index in [0.717, 1.165) is 17.0 Å². The zero-order chi connectivity index (χ0) is 14.4. The summed E-state index contributed by atoms with van der Waals surface area (Å²) in [6, 6.07) is 3.71. The number of imidazole rings is 1. The van der Waals surface area contributed by atoms with Gasteiger partial charge in [0.05, 0.1) is 12.5 Å². The van der Waals surface area contributed by atoms with Crippen LogP contribution in [0.2, 0.25) is 0 Å². The van der Waals surface area contributed by atoms with E-state index < -0.39 is 0 Å². The Morgan fingerprint density at radius 1 is 1.55 bits per heavy atom. The van der Waals surface area contributed by atoms with Crippen LogP contribution in [0.4, 0.5) is 0 Å². The molecule has 0 aliphatic carbocycles. The third kappa shape index (κ3) is 3.46. The lowest BCUT2D eigenvalue weighted by Crippen LogP contribution is -2.27. The molecular formula is C13H17ClN4O2. The van der Waals surface area contributed by atoms with E-state index in [9.17, 15) is 4.79 Å². The van der Waals surface area contributed by atoms with E-state index in [1.807, 2.05) is 16.7 Å². The predicted octanol–water partition coefficient (Wildman–Crippen LogP) is 1.32. The number of aryl methyl sites for hydroxylation is 1. The van der Waals surface area contributed by atoms with Crippen molar-refractivity contribution >= 4 is 28.7 Å². The van der Waals surface area contributed by atoms with Gasteiger partial charge in [0.2, 0.25) is 5.91 Å². The number of carbonyl (C=O) groups excluding carboxylic acids is 1. The van der Waals surface area contributed by atoms with Crippen molar-refractivity contribution in [3.63, 3.8) is 0 Å². The van der Waals surface area contributed by atoms with Gasteiger partial charge in [0.25, 0.3) is 0 Å². The summed E-state index contributed by atoms with van der Waals surface area (Å²) in [6.07, 6.45) is 2.06. The third-order valence-electron chi connectivity index (χ3n) is 2.89. The van der Waals surface area contributed by atoms with Crippen molar-refractivity contribution < 1.29 is 9.53 Å². The van der Waals surface area contributed by atoms with Gasteiger partial charge in [-0.1, -0.05) is 0 Å². The van der Waals surface area contributed by atoms with Gasteiger partial charge in [-0.3, -0.25) is 4.79 Å². The largest absolute Gasteiger partial charge is 0.383 e. The van der Waals surface area contributed by atoms with Crippen LogP contribution in [-0.2, 0) is 22.0 Å². The number of aromatic nitrogens is 3. The van der Waals surface area contributed by atoms with Crippen LogP contribution in [0.15, 0.2) is 18.3 Å². The monoisotopic (exact) mass is 296 g/mol. The fraction of sp³-hybridized carbons (Fsp3) is 0.462. The average Bonchev–Trinajstić information content (AvgIpc) is 2.83. The van der Waals surface area contributed by atoms with Crippen LogP contribution in [0.5, 0.6) is 0 Å². The minimum absolute atomic E-state index is 0.0275. The number of nitrogens with one attached hydrogen (secondary N) is 1. The second-order valence-electron chi connectivity index (χ2n) is 4.25. The highest BCUT2D eigenvalue weighted by Gasteiger charge is 2.11. The molecule has 6 nitrogen and oxygen atoms in total. The fourth-order valence-electron chi connectivity index (χ4n) is 1.94. The van der Waals surface area contributed by atoms with Gasteiger partial charge in [-0.05, 0) is 12.1 Å². The van der Waals surface area contributed by atoms with Gasteiger partial charge in [0, 0.05) is 32.8 Å². The van der Waals surface area contributed by atoms with Gasteiger partial charge in [0.1, 0.15) is 11.3 Å². The first-order valence-corrected chi connectivity index (χ1v) is 6.91. The van der Waals surface area contributed by atoms with Crippen LogP contribution < -0.4 is 5.32 Å². The van der Waals surface area contributed by atoms with Crippen molar-refractivity contribution in [3.8, 4) is 0 Å². The number of hydrogen-bond donors (Lipinski definition) is 1. The van der Waals surface area contributed by atoms with Crippen molar-refractivity contribution in [1.82, 2.24) is 19.9 Å². The smallest absolute Gasteiger partial charge is 0.221 e. The number of rotatable bonds is 7. The van der Waals surface area contributed by atoms with Gasteiger partial charge in [0.15, 0.2) is 5.65 Å². The van der Waals surface area contributed by atoms with E-state index in [0.29, 0.717) is 32.0 Å². The molecule has 0 fully saturated rings. The highest BCUT2D eigenvalue weighted by atomic mass is 35.5. The van der Waals surface area contributed by atoms with Crippen molar-refractivity contribution in [1.29, 1.82) is 0 Å². The highest BCUT2D eigenvalue weighted by Crippen LogP contribution is 2.15. The molecule has 0 aliphatic rings. The summed E-state index contributed by atoms with van der Waals surface area (Å²) in [5.74, 6) is 0.993. The lowest BCUT2D eigenvalue weighted by atomic mass is 10.3. The first-order valence-electron chi connectivity index (χ1n) is 6.38. The van der Waals surface area contributed by atoms with E-state index in [4.69, 9.17) is 16.3 Å². The average molecular weight is 297 g/mol. The standard InChI is InChI=1S/C13H17ClN4O2/c1-20-8-6-15-12(19)4-7-18-11(9-14)17-10-3-2-5-16-13(10)18/h2-3,5H,4,6-9H2,1H3,(H,15,19). The maximum Gasteiger partial charge on any atom is 0.221 e. The van der Waals surface area contributed by atoms with Gasteiger partial charge >= 0.3 is 0 Å². The summed E-state index contributed by atoms with van der Waals surface area (Å²) in [4.78, 5) is 20.4. The number of alkyl halides is 1. The molecule has 2 heterocycles. The number of nitrogens with zero attached hydrogens (tertiary/aromatic N) is 3. The van der Waals surface area contributed by atoms with E-state index >= 15 is 0 Å². The number of ether oxygens (including phenoxy) is 1. The Labute approximate surface area is 122 Å². The molecule has 0 atom stereocenters. The summed E-state index contributed by atoms with van der Waals surface area (Å²) in [7, 11) is 1.60. The molecule has 0 unspecified atom stereocenters. The molecule has 0 saturated carbocycles. The predicted molar refractivity (Wildman–Crippen MR) is 76.6 cm³/mol. The van der Waals surface area contributed by atoms with Gasteiger partial charge in [-0.25, -0.2) is 9.97 Å². The zero-order valence-corrected chi connectivity index (χ0v) is 12.1. The van der Waals surface area contributed by atoms with E-state index in [1.54, 1.807) is 13.3 Å². The van der Waals surface area contributed by atoms with Crippen LogP contribution in [-0.4, -0.2) is 40.7 Å². The fourth-order valence-corrected chi connectivity index (χ4v) is 2.14. The van der Waals surface area contributed by atoms with Gasteiger partial charge < -0.3 is 14.6 Å². The third-order valence-corrected chi connectivity index (χ3v) is 3.13. The first kappa shape index (κ1) is 14.7. The summed E-state index contributed by atoms with van der Waals surface area (Å²) in [5.41, 5.74) is 1.55. The van der Waals surface area contributed by atoms with Crippen LogP contribution in [0.1, 0.15) is 12.2 Å². The van der Waals surface area contributed by atoms with Crippen molar-refractivity contribution in [2.24, 2.45) is 0 Å². The number of methoxy groups -OCH3 is 1. The molecule has 2 aromatic heterocycles. The van der Waals surface area contributed by atoms with Crippen LogP contribution in [0.3, 0.4) is 0 Å². The lowest BCUT2D eigenvalue weighted by Gasteiger charge is -2.07. The Hall–Kier alpha value is -1.66. The van der Waals surface area contributed by atoms with E-state index in [1.165, 1.54) is 0 Å². The second-order valence-corrected chi connectivity index (χ2v) is 4.52. The molecule has 0 radical (unpaired) electrons. The molecule has 2 aromatic rings. The molecular weight excluding hydrogens is 280 g/mol. The quantitative estimate of drug-likeness (QED) is 0.618. The number of hydrogen-bond acceptors (Lipinski definition) is 4. The van der Waals surface area contributed by atoms with Crippen LogP contribution in [0.25, 0.3) is 11.2 Å². The number of halogens is 1. The molecule has 0 saturated heterocycles. The molecule has 20 heavy (non-hydrogen) atoms. The molecule has 7 heteroatoms. The summed E-state index contributed by atoms with van der Waals surface area (Å²) < 4.78 is 6.77. The van der Waals surface area contributed by atoms with Crippen molar-refractivity contribution in [2.45, 2.75) is 18.8 Å². The Bertz CT molecular complexity index is 585. The molecule has 0 bridgehead atoms. The van der Waals surface area contributed by atoms with E-state index in [-0.39, 0.29) is 5.91 Å². The van der Waals surface area contributed by atoms with Crippen molar-refractivity contribution in [3.05, 3.63) is 24.2 Å². The molecule has 0 aliphatic heterocycles. The van der Waals surface area contributed by atoms with Crippen LogP contribution in [0, 0.1) is 0 Å². The summed E-state index contributed by atoms with van der Waals surface area (Å²) >= 11 is 5.89. The number of amides is 1.